The van der Waals surface area contributed by atoms with Crippen LogP contribution in [0, 0.1) is 12.7 Å². The second kappa shape index (κ2) is 7.82. The maximum Gasteiger partial charge on any atom is 0.251 e. The minimum absolute atomic E-state index is 0.148. The summed E-state index contributed by atoms with van der Waals surface area (Å²) in [7, 11) is 0. The van der Waals surface area contributed by atoms with Crippen molar-refractivity contribution in [3.63, 3.8) is 0 Å². The van der Waals surface area contributed by atoms with Crippen molar-refractivity contribution in [2.24, 2.45) is 0 Å². The van der Waals surface area contributed by atoms with E-state index in [1.807, 2.05) is 49.7 Å². The number of amides is 1. The zero-order chi connectivity index (χ0) is 21.3. The van der Waals surface area contributed by atoms with Gasteiger partial charge in [0.15, 0.2) is 0 Å². The van der Waals surface area contributed by atoms with E-state index in [9.17, 15) is 9.18 Å². The molecule has 152 valence electrons. The Labute approximate surface area is 171 Å². The molecule has 1 heterocycles. The van der Waals surface area contributed by atoms with Gasteiger partial charge in [-0.1, -0.05) is 19.9 Å². The standard InChI is InChI=1S/C24H28FN3O/c1-15(2)22-26-9-10-28(22)20-13-18(17-7-8-21(25)16(3)11-17)12-19(14-20)23(29)27-24(4,5)6/h7-15H,1-6H3,(H,27,29). The van der Waals surface area contributed by atoms with Crippen LogP contribution in [0.4, 0.5) is 4.39 Å². The topological polar surface area (TPSA) is 46.9 Å². The fourth-order valence-electron chi connectivity index (χ4n) is 3.25. The number of benzene rings is 2. The number of carbonyl (C=O) groups is 1. The highest BCUT2D eigenvalue weighted by atomic mass is 19.1. The van der Waals surface area contributed by atoms with Crippen molar-refractivity contribution >= 4 is 5.91 Å². The Hall–Kier alpha value is -2.95. The van der Waals surface area contributed by atoms with Gasteiger partial charge in [0.2, 0.25) is 0 Å². The number of aromatic nitrogens is 2. The van der Waals surface area contributed by atoms with Crippen LogP contribution in [0.3, 0.4) is 0 Å². The molecule has 0 aliphatic heterocycles. The van der Waals surface area contributed by atoms with Crippen LogP contribution in [0.2, 0.25) is 0 Å². The van der Waals surface area contributed by atoms with Gasteiger partial charge in [0.05, 0.1) is 0 Å². The second-order valence-electron chi connectivity index (χ2n) is 8.75. The lowest BCUT2D eigenvalue weighted by Gasteiger charge is -2.21. The summed E-state index contributed by atoms with van der Waals surface area (Å²) in [5, 5.41) is 3.02. The quantitative estimate of drug-likeness (QED) is 0.624. The summed E-state index contributed by atoms with van der Waals surface area (Å²) in [5.74, 6) is 0.756. The molecule has 3 aromatic rings. The van der Waals surface area contributed by atoms with E-state index in [0.717, 1.165) is 22.6 Å². The van der Waals surface area contributed by atoms with Crippen molar-refractivity contribution in [3.05, 3.63) is 71.6 Å². The van der Waals surface area contributed by atoms with Gasteiger partial charge in [0.25, 0.3) is 5.91 Å². The molecule has 5 heteroatoms. The molecule has 0 aliphatic carbocycles. The molecular weight excluding hydrogens is 365 g/mol. The number of hydrogen-bond donors (Lipinski definition) is 1. The zero-order valence-electron chi connectivity index (χ0n) is 17.9. The average molecular weight is 394 g/mol. The van der Waals surface area contributed by atoms with E-state index in [1.165, 1.54) is 6.07 Å². The molecule has 0 atom stereocenters. The SMILES string of the molecule is Cc1cc(-c2cc(C(=O)NC(C)(C)C)cc(-n3ccnc3C(C)C)c2)ccc1F. The van der Waals surface area contributed by atoms with Crippen molar-refractivity contribution in [2.75, 3.05) is 0 Å². The van der Waals surface area contributed by atoms with Crippen molar-refractivity contribution in [3.8, 4) is 16.8 Å². The van der Waals surface area contributed by atoms with Gasteiger partial charge in [-0.15, -0.1) is 0 Å². The Kier molecular flexibility index (Phi) is 5.60. The fraction of sp³-hybridized carbons (Fsp3) is 0.333. The lowest BCUT2D eigenvalue weighted by Crippen LogP contribution is -2.40. The summed E-state index contributed by atoms with van der Waals surface area (Å²) in [5.41, 5.74) is 3.34. The van der Waals surface area contributed by atoms with Gasteiger partial charge in [0.1, 0.15) is 11.6 Å². The third kappa shape index (κ3) is 4.73. The van der Waals surface area contributed by atoms with Gasteiger partial charge >= 0.3 is 0 Å². The van der Waals surface area contributed by atoms with Crippen LogP contribution >= 0.6 is 0 Å². The van der Waals surface area contributed by atoms with E-state index in [-0.39, 0.29) is 23.2 Å². The number of imidazole rings is 1. The van der Waals surface area contributed by atoms with E-state index >= 15 is 0 Å². The molecule has 3 rings (SSSR count). The largest absolute Gasteiger partial charge is 0.347 e. The number of hydrogen-bond acceptors (Lipinski definition) is 2. The molecule has 0 unspecified atom stereocenters. The van der Waals surface area contributed by atoms with E-state index in [1.54, 1.807) is 25.3 Å². The zero-order valence-corrected chi connectivity index (χ0v) is 17.9. The lowest BCUT2D eigenvalue weighted by atomic mass is 9.99. The van der Waals surface area contributed by atoms with Crippen molar-refractivity contribution in [2.45, 2.75) is 53.0 Å². The molecule has 0 saturated carbocycles. The van der Waals surface area contributed by atoms with Gasteiger partial charge < -0.3 is 9.88 Å². The molecule has 1 N–H and O–H groups in total. The monoisotopic (exact) mass is 393 g/mol. The molecule has 29 heavy (non-hydrogen) atoms. The molecule has 1 aromatic heterocycles. The predicted molar refractivity (Wildman–Crippen MR) is 115 cm³/mol. The van der Waals surface area contributed by atoms with Crippen LogP contribution in [0.5, 0.6) is 0 Å². The number of halogens is 1. The van der Waals surface area contributed by atoms with Crippen LogP contribution in [0.25, 0.3) is 16.8 Å². The molecule has 2 aromatic carbocycles. The van der Waals surface area contributed by atoms with Crippen molar-refractivity contribution < 1.29 is 9.18 Å². The number of rotatable bonds is 4. The summed E-state index contributed by atoms with van der Waals surface area (Å²) in [6.45, 7) is 11.8. The van der Waals surface area contributed by atoms with Crippen molar-refractivity contribution in [1.82, 2.24) is 14.9 Å². The van der Waals surface area contributed by atoms with Crippen LogP contribution in [0.15, 0.2) is 48.8 Å². The number of nitrogens with one attached hydrogen (secondary N) is 1. The summed E-state index contributed by atoms with van der Waals surface area (Å²) in [6, 6.07) is 10.7. The van der Waals surface area contributed by atoms with E-state index in [2.05, 4.69) is 24.1 Å². The highest BCUT2D eigenvalue weighted by Crippen LogP contribution is 2.28. The maximum atomic E-state index is 13.8. The highest BCUT2D eigenvalue weighted by Gasteiger charge is 2.18. The van der Waals surface area contributed by atoms with Gasteiger partial charge in [-0.3, -0.25) is 4.79 Å². The van der Waals surface area contributed by atoms with Crippen LogP contribution in [0.1, 0.15) is 62.3 Å². The maximum absolute atomic E-state index is 13.8. The molecule has 0 saturated heterocycles. The normalized spacial score (nSPS) is 11.7. The Morgan fingerprint density at radius 2 is 1.83 bits per heavy atom. The first-order chi connectivity index (χ1) is 13.5. The molecular formula is C24H28FN3O. The Morgan fingerprint density at radius 3 is 2.45 bits per heavy atom. The first kappa shape index (κ1) is 20.8. The fourth-order valence-corrected chi connectivity index (χ4v) is 3.25. The minimum atomic E-state index is -0.349. The van der Waals surface area contributed by atoms with E-state index in [4.69, 9.17) is 0 Å². The Morgan fingerprint density at radius 1 is 1.10 bits per heavy atom. The van der Waals surface area contributed by atoms with Gasteiger partial charge in [-0.05, 0) is 74.7 Å². The smallest absolute Gasteiger partial charge is 0.251 e. The van der Waals surface area contributed by atoms with Gasteiger partial charge in [-0.2, -0.15) is 0 Å². The number of nitrogens with zero attached hydrogens (tertiary/aromatic N) is 2. The first-order valence-corrected chi connectivity index (χ1v) is 9.83. The summed E-state index contributed by atoms with van der Waals surface area (Å²) in [6.07, 6.45) is 3.66. The third-order valence-corrected chi connectivity index (χ3v) is 4.62. The summed E-state index contributed by atoms with van der Waals surface area (Å²) in [4.78, 5) is 17.4. The average Bonchev–Trinajstić information content (AvgIpc) is 3.12. The van der Waals surface area contributed by atoms with E-state index in [0.29, 0.717) is 11.1 Å². The molecule has 0 fully saturated rings. The number of carbonyl (C=O) groups excluding carboxylic acids is 1. The van der Waals surface area contributed by atoms with Crippen LogP contribution < -0.4 is 5.32 Å². The third-order valence-electron chi connectivity index (χ3n) is 4.62. The lowest BCUT2D eigenvalue weighted by molar-refractivity contribution is 0.0919. The molecule has 4 nitrogen and oxygen atoms in total. The van der Waals surface area contributed by atoms with E-state index < -0.39 is 0 Å². The molecule has 0 aliphatic rings. The number of aryl methyl sites for hydroxylation is 1. The van der Waals surface area contributed by atoms with Gasteiger partial charge in [0, 0.05) is 35.1 Å². The first-order valence-electron chi connectivity index (χ1n) is 9.83. The molecule has 1 amide bonds. The van der Waals surface area contributed by atoms with Gasteiger partial charge in [-0.25, -0.2) is 9.37 Å². The minimum Gasteiger partial charge on any atom is -0.347 e. The highest BCUT2D eigenvalue weighted by molar-refractivity contribution is 5.96. The Bertz CT molecular complexity index is 1040. The predicted octanol–water partition coefficient (Wildman–Crippen LogP) is 5.64. The summed E-state index contributed by atoms with van der Waals surface area (Å²) < 4.78 is 15.8. The second-order valence-corrected chi connectivity index (χ2v) is 8.75. The molecule has 0 spiro atoms. The Balaban J connectivity index is 2.17. The van der Waals surface area contributed by atoms with Crippen LogP contribution in [-0.4, -0.2) is 21.0 Å². The molecule has 0 bridgehead atoms. The van der Waals surface area contributed by atoms with Crippen molar-refractivity contribution in [1.29, 1.82) is 0 Å². The summed E-state index contributed by atoms with van der Waals surface area (Å²) >= 11 is 0. The molecule has 0 radical (unpaired) electrons. The van der Waals surface area contributed by atoms with Crippen LogP contribution in [-0.2, 0) is 0 Å².